The fourth-order valence-corrected chi connectivity index (χ4v) is 7.36. The van der Waals surface area contributed by atoms with E-state index in [9.17, 15) is 17.6 Å². The molecule has 1 unspecified atom stereocenters. The molecule has 234 valence electrons. The van der Waals surface area contributed by atoms with E-state index < -0.39 is 16.1 Å². The number of aromatic nitrogens is 3. The van der Waals surface area contributed by atoms with Crippen molar-refractivity contribution in [3.63, 3.8) is 0 Å². The Hall–Kier alpha value is -3.84. The molecule has 0 saturated carbocycles. The van der Waals surface area contributed by atoms with Crippen molar-refractivity contribution in [1.29, 1.82) is 0 Å². The Balaban J connectivity index is 1.50. The average Bonchev–Trinajstić information content (AvgIpc) is 3.42. The minimum atomic E-state index is -4.00. The molecule has 3 aromatic heterocycles. The minimum absolute atomic E-state index is 0.142. The lowest BCUT2D eigenvalue weighted by molar-refractivity contribution is 0.122. The summed E-state index contributed by atoms with van der Waals surface area (Å²) in [6.45, 7) is 4.95. The van der Waals surface area contributed by atoms with Gasteiger partial charge in [-0.15, -0.1) is 0 Å². The maximum absolute atomic E-state index is 14.0. The van der Waals surface area contributed by atoms with E-state index in [0.717, 1.165) is 16.8 Å². The first kappa shape index (κ1) is 31.2. The lowest BCUT2D eigenvalue weighted by atomic mass is 10.0. The fourth-order valence-electron chi connectivity index (χ4n) is 5.63. The SMILES string of the molecule is Cc1ccc(S(=O)(=O)n2cc(-c3ccn(C(CN(C)C)c4ccc(F)c(Br)c4)c(=O)c3)c3cc(N4CCOCC4)cnc32)cc1. The maximum atomic E-state index is 14.0. The topological polar surface area (TPSA) is 89.7 Å². The molecule has 1 aliphatic heterocycles. The van der Waals surface area contributed by atoms with Crippen LogP contribution in [0.25, 0.3) is 22.2 Å². The Labute approximate surface area is 269 Å². The summed E-state index contributed by atoms with van der Waals surface area (Å²) in [6.07, 6.45) is 4.94. The third-order valence-corrected chi connectivity index (χ3v) is 10.3. The summed E-state index contributed by atoms with van der Waals surface area (Å²) in [7, 11) is -0.179. The zero-order valence-electron chi connectivity index (χ0n) is 25.2. The third-order valence-electron chi connectivity index (χ3n) is 8.01. The largest absolute Gasteiger partial charge is 0.378 e. The van der Waals surface area contributed by atoms with Gasteiger partial charge in [0.15, 0.2) is 5.65 Å². The molecule has 2 aromatic carbocycles. The molecule has 0 spiro atoms. The van der Waals surface area contributed by atoms with E-state index in [1.54, 1.807) is 59.6 Å². The van der Waals surface area contributed by atoms with Gasteiger partial charge in [-0.25, -0.2) is 21.8 Å². The molecule has 1 fully saturated rings. The number of morpholine rings is 1. The zero-order valence-corrected chi connectivity index (χ0v) is 27.6. The quantitative estimate of drug-likeness (QED) is 0.218. The Bertz CT molecular complexity index is 2040. The predicted octanol–water partition coefficient (Wildman–Crippen LogP) is 5.30. The van der Waals surface area contributed by atoms with Crippen molar-refractivity contribution >= 4 is 42.7 Å². The molecule has 12 heteroatoms. The van der Waals surface area contributed by atoms with Crippen molar-refractivity contribution in [2.45, 2.75) is 17.9 Å². The van der Waals surface area contributed by atoms with Gasteiger partial charge in [0.25, 0.3) is 15.6 Å². The first-order chi connectivity index (χ1) is 21.5. The molecule has 9 nitrogen and oxygen atoms in total. The van der Waals surface area contributed by atoms with Gasteiger partial charge >= 0.3 is 0 Å². The highest BCUT2D eigenvalue weighted by Crippen LogP contribution is 2.34. The minimum Gasteiger partial charge on any atom is -0.378 e. The van der Waals surface area contributed by atoms with Crippen molar-refractivity contribution in [1.82, 2.24) is 18.4 Å². The highest BCUT2D eigenvalue weighted by Gasteiger charge is 2.25. The molecule has 1 atom stereocenters. The number of fused-ring (bicyclic) bond motifs is 1. The molecule has 6 rings (SSSR count). The lowest BCUT2D eigenvalue weighted by Crippen LogP contribution is -2.36. The Morgan fingerprint density at radius 1 is 1.04 bits per heavy atom. The van der Waals surface area contributed by atoms with E-state index in [4.69, 9.17) is 4.74 Å². The molecule has 1 aliphatic rings. The Kier molecular flexibility index (Phi) is 8.66. The van der Waals surface area contributed by atoms with Gasteiger partial charge in [-0.05, 0) is 84.5 Å². The normalized spacial score (nSPS) is 14.8. The summed E-state index contributed by atoms with van der Waals surface area (Å²) in [5, 5.41) is 0.610. The zero-order chi connectivity index (χ0) is 31.9. The van der Waals surface area contributed by atoms with E-state index in [1.807, 2.05) is 38.1 Å². The molecule has 4 heterocycles. The lowest BCUT2D eigenvalue weighted by Gasteiger charge is -2.28. The number of hydrogen-bond donors (Lipinski definition) is 0. The second-order valence-corrected chi connectivity index (χ2v) is 14.1. The van der Waals surface area contributed by atoms with Crippen LogP contribution in [0, 0.1) is 12.7 Å². The third kappa shape index (κ3) is 6.19. The van der Waals surface area contributed by atoms with Gasteiger partial charge in [0.05, 0.1) is 40.5 Å². The molecule has 0 radical (unpaired) electrons. The van der Waals surface area contributed by atoms with Gasteiger partial charge in [-0.1, -0.05) is 23.8 Å². The van der Waals surface area contributed by atoms with Gasteiger partial charge in [0, 0.05) is 49.0 Å². The molecule has 1 saturated heterocycles. The van der Waals surface area contributed by atoms with Gasteiger partial charge in [0.2, 0.25) is 0 Å². The number of pyridine rings is 2. The van der Waals surface area contributed by atoms with Crippen LogP contribution in [-0.4, -0.2) is 73.8 Å². The van der Waals surface area contributed by atoms with Crippen LogP contribution in [-0.2, 0) is 14.8 Å². The van der Waals surface area contributed by atoms with Gasteiger partial charge in [-0.3, -0.25) is 4.79 Å². The van der Waals surface area contributed by atoms with Crippen LogP contribution < -0.4 is 10.5 Å². The van der Waals surface area contributed by atoms with E-state index in [2.05, 4.69) is 25.8 Å². The molecular formula is C33H33BrFN5O4S. The van der Waals surface area contributed by atoms with Gasteiger partial charge < -0.3 is 19.1 Å². The molecule has 45 heavy (non-hydrogen) atoms. The van der Waals surface area contributed by atoms with Crippen molar-refractivity contribution in [2.75, 3.05) is 51.8 Å². The van der Waals surface area contributed by atoms with Crippen molar-refractivity contribution in [3.05, 3.63) is 111 Å². The predicted molar refractivity (Wildman–Crippen MR) is 177 cm³/mol. The van der Waals surface area contributed by atoms with Crippen LogP contribution in [0.3, 0.4) is 0 Å². The number of ether oxygens (including phenoxy) is 1. The van der Waals surface area contributed by atoms with E-state index in [0.29, 0.717) is 53.8 Å². The Morgan fingerprint density at radius 2 is 1.78 bits per heavy atom. The first-order valence-corrected chi connectivity index (χ1v) is 16.7. The number of benzene rings is 2. The van der Waals surface area contributed by atoms with Crippen LogP contribution in [0.4, 0.5) is 10.1 Å². The van der Waals surface area contributed by atoms with E-state index in [-0.39, 0.29) is 21.9 Å². The summed E-state index contributed by atoms with van der Waals surface area (Å²) in [5.74, 6) is -0.382. The van der Waals surface area contributed by atoms with Crippen molar-refractivity contribution < 1.29 is 17.5 Å². The van der Waals surface area contributed by atoms with E-state index >= 15 is 0 Å². The monoisotopic (exact) mass is 693 g/mol. The molecule has 0 N–H and O–H groups in total. The smallest absolute Gasteiger partial charge is 0.269 e. The van der Waals surface area contributed by atoms with Crippen LogP contribution in [0.5, 0.6) is 0 Å². The molecule has 0 amide bonds. The number of halogens is 2. The van der Waals surface area contributed by atoms with Crippen LogP contribution in [0.2, 0.25) is 0 Å². The maximum Gasteiger partial charge on any atom is 0.269 e. The molecule has 0 bridgehead atoms. The first-order valence-electron chi connectivity index (χ1n) is 14.5. The molecule has 5 aromatic rings. The highest BCUT2D eigenvalue weighted by atomic mass is 79.9. The summed E-state index contributed by atoms with van der Waals surface area (Å²) in [6, 6.07) is 16.3. The van der Waals surface area contributed by atoms with Crippen molar-refractivity contribution in [2.24, 2.45) is 0 Å². The molecule has 0 aliphatic carbocycles. The number of rotatable bonds is 8. The second-order valence-electron chi connectivity index (χ2n) is 11.4. The van der Waals surface area contributed by atoms with Crippen molar-refractivity contribution in [3.8, 4) is 11.1 Å². The highest BCUT2D eigenvalue weighted by molar-refractivity contribution is 9.10. The fraction of sp³-hybridized carbons (Fsp3) is 0.273. The van der Waals surface area contributed by atoms with Crippen LogP contribution in [0.1, 0.15) is 17.2 Å². The van der Waals surface area contributed by atoms with Gasteiger partial charge in [-0.2, -0.15) is 0 Å². The molecular weight excluding hydrogens is 661 g/mol. The number of nitrogens with zero attached hydrogens (tertiary/aromatic N) is 5. The Morgan fingerprint density at radius 3 is 2.44 bits per heavy atom. The number of likely N-dealkylation sites (N-methyl/N-ethyl adjacent to an activating group) is 1. The summed E-state index contributed by atoms with van der Waals surface area (Å²) in [5.41, 5.74) is 3.69. The summed E-state index contributed by atoms with van der Waals surface area (Å²) in [4.78, 5) is 22.7. The second kappa shape index (κ2) is 12.5. The number of hydrogen-bond acceptors (Lipinski definition) is 7. The summed E-state index contributed by atoms with van der Waals surface area (Å²) >= 11 is 3.27. The summed E-state index contributed by atoms with van der Waals surface area (Å²) < 4.78 is 50.5. The number of aryl methyl sites for hydroxylation is 1. The number of anilines is 1. The van der Waals surface area contributed by atoms with Gasteiger partial charge in [0.1, 0.15) is 5.82 Å². The average molecular weight is 695 g/mol. The standard InChI is InChI=1S/C33H33BrFN5O4S/c1-22-4-7-26(8-5-22)45(42,43)40-20-28(27-18-25(19-36-33(27)40)38-12-14-44-15-13-38)23-10-11-39(32(41)17-23)31(21-37(2)3)24-6-9-30(35)29(34)16-24/h4-11,16-20,31H,12-15,21H2,1-3H3. The van der Waals surface area contributed by atoms with Crippen LogP contribution in [0.15, 0.2) is 93.4 Å². The van der Waals surface area contributed by atoms with Crippen LogP contribution >= 0.6 is 15.9 Å². The van der Waals surface area contributed by atoms with E-state index in [1.165, 1.54) is 16.1 Å².